The minimum absolute atomic E-state index is 0.529. The molecule has 0 atom stereocenters. The van der Waals surface area contributed by atoms with Crippen molar-refractivity contribution in [3.63, 3.8) is 0 Å². The summed E-state index contributed by atoms with van der Waals surface area (Å²) in [6, 6.07) is 0.754. The zero-order chi connectivity index (χ0) is 9.97. The van der Waals surface area contributed by atoms with E-state index in [1.54, 1.807) is 11.3 Å². The Hall–Kier alpha value is -0.280. The van der Waals surface area contributed by atoms with Crippen molar-refractivity contribution in [3.8, 4) is 0 Å². The highest BCUT2D eigenvalue weighted by Crippen LogP contribution is 2.33. The number of anilines is 1. The van der Waals surface area contributed by atoms with Gasteiger partial charge in [-0.15, -0.1) is 22.9 Å². The predicted molar refractivity (Wildman–Crippen MR) is 62.3 cm³/mol. The van der Waals surface area contributed by atoms with Crippen LogP contribution in [0.4, 0.5) is 5.13 Å². The van der Waals surface area contributed by atoms with Gasteiger partial charge in [0.2, 0.25) is 0 Å². The third-order valence-electron chi connectivity index (χ3n) is 2.37. The Morgan fingerprint density at radius 2 is 2.43 bits per heavy atom. The first-order valence-electron chi connectivity index (χ1n) is 5.12. The van der Waals surface area contributed by atoms with Crippen LogP contribution in [0.3, 0.4) is 0 Å². The van der Waals surface area contributed by atoms with Crippen LogP contribution in [0.2, 0.25) is 0 Å². The summed E-state index contributed by atoms with van der Waals surface area (Å²) in [6.07, 6.45) is 3.85. The number of halogens is 1. The number of thiazole rings is 1. The van der Waals surface area contributed by atoms with E-state index in [2.05, 4.69) is 22.2 Å². The molecule has 1 aromatic heterocycles. The van der Waals surface area contributed by atoms with E-state index in [-0.39, 0.29) is 0 Å². The Morgan fingerprint density at radius 1 is 1.64 bits per heavy atom. The van der Waals surface area contributed by atoms with Gasteiger partial charge in [-0.2, -0.15) is 0 Å². The second-order valence-corrected chi connectivity index (χ2v) is 4.78. The summed E-state index contributed by atoms with van der Waals surface area (Å²) in [7, 11) is 0. The number of rotatable bonds is 5. The first kappa shape index (κ1) is 10.2. The molecule has 1 saturated carbocycles. The highest BCUT2D eigenvalue weighted by molar-refractivity contribution is 7.13. The van der Waals surface area contributed by atoms with Crippen molar-refractivity contribution in [3.05, 3.63) is 11.1 Å². The van der Waals surface area contributed by atoms with Gasteiger partial charge >= 0.3 is 0 Å². The molecule has 0 amide bonds. The molecule has 2 rings (SSSR count). The lowest BCUT2D eigenvalue weighted by Gasteiger charge is -2.20. The maximum Gasteiger partial charge on any atom is 0.185 e. The van der Waals surface area contributed by atoms with Crippen LogP contribution in [0.15, 0.2) is 5.38 Å². The van der Waals surface area contributed by atoms with Gasteiger partial charge in [-0.25, -0.2) is 4.98 Å². The van der Waals surface area contributed by atoms with Gasteiger partial charge in [-0.1, -0.05) is 6.92 Å². The highest BCUT2D eigenvalue weighted by Gasteiger charge is 2.30. The Kier molecular flexibility index (Phi) is 3.29. The first-order chi connectivity index (χ1) is 6.85. The third kappa shape index (κ3) is 2.20. The summed E-state index contributed by atoms with van der Waals surface area (Å²) in [5, 5.41) is 3.22. The van der Waals surface area contributed by atoms with Crippen LogP contribution in [0.25, 0.3) is 0 Å². The van der Waals surface area contributed by atoms with E-state index >= 15 is 0 Å². The van der Waals surface area contributed by atoms with E-state index in [0.29, 0.717) is 5.88 Å². The third-order valence-corrected chi connectivity index (χ3v) is 3.57. The summed E-state index contributed by atoms with van der Waals surface area (Å²) in [4.78, 5) is 6.95. The number of hydrogen-bond donors (Lipinski definition) is 0. The van der Waals surface area contributed by atoms with Gasteiger partial charge in [0.25, 0.3) is 0 Å². The lowest BCUT2D eigenvalue weighted by molar-refractivity contribution is 0.758. The smallest absolute Gasteiger partial charge is 0.185 e. The minimum Gasteiger partial charge on any atom is -0.345 e. The molecule has 78 valence electrons. The van der Waals surface area contributed by atoms with Crippen LogP contribution in [-0.2, 0) is 5.88 Å². The van der Waals surface area contributed by atoms with Crippen LogP contribution in [0.1, 0.15) is 31.9 Å². The summed E-state index contributed by atoms with van der Waals surface area (Å²) < 4.78 is 0. The van der Waals surface area contributed by atoms with E-state index in [4.69, 9.17) is 11.6 Å². The van der Waals surface area contributed by atoms with Crippen molar-refractivity contribution < 1.29 is 0 Å². The Balaban J connectivity index is 2.08. The standard InChI is InChI=1S/C10H15ClN2S/c1-2-5-13(9-3-4-9)10-12-8(6-11)7-14-10/h7,9H,2-6H2,1H3. The number of alkyl halides is 1. The molecule has 0 saturated heterocycles. The van der Waals surface area contributed by atoms with Crippen LogP contribution < -0.4 is 4.90 Å². The fourth-order valence-electron chi connectivity index (χ4n) is 1.55. The zero-order valence-electron chi connectivity index (χ0n) is 8.37. The molecule has 0 unspecified atom stereocenters. The first-order valence-corrected chi connectivity index (χ1v) is 6.53. The molecule has 1 aromatic rings. The van der Waals surface area contributed by atoms with Gasteiger partial charge < -0.3 is 4.90 Å². The summed E-state index contributed by atoms with van der Waals surface area (Å²) in [5.41, 5.74) is 1.01. The maximum absolute atomic E-state index is 5.74. The van der Waals surface area contributed by atoms with Gasteiger partial charge in [-0.3, -0.25) is 0 Å². The SMILES string of the molecule is CCCN(c1nc(CCl)cs1)C1CC1. The van der Waals surface area contributed by atoms with Crippen LogP contribution in [0.5, 0.6) is 0 Å². The molecular weight excluding hydrogens is 216 g/mol. The zero-order valence-corrected chi connectivity index (χ0v) is 9.94. The molecule has 4 heteroatoms. The lowest BCUT2D eigenvalue weighted by atomic mass is 10.4. The minimum atomic E-state index is 0.529. The van der Waals surface area contributed by atoms with Crippen molar-refractivity contribution in [2.24, 2.45) is 0 Å². The number of hydrogen-bond acceptors (Lipinski definition) is 3. The van der Waals surface area contributed by atoms with Crippen molar-refractivity contribution in [1.29, 1.82) is 0 Å². The monoisotopic (exact) mass is 230 g/mol. The fourth-order valence-corrected chi connectivity index (χ4v) is 2.70. The summed E-state index contributed by atoms with van der Waals surface area (Å²) >= 11 is 7.46. The second kappa shape index (κ2) is 4.49. The molecule has 14 heavy (non-hydrogen) atoms. The van der Waals surface area contributed by atoms with Crippen molar-refractivity contribution >= 4 is 28.1 Å². The molecule has 0 bridgehead atoms. The molecule has 0 radical (unpaired) electrons. The van der Waals surface area contributed by atoms with E-state index < -0.39 is 0 Å². The van der Waals surface area contributed by atoms with E-state index in [9.17, 15) is 0 Å². The summed E-state index contributed by atoms with van der Waals surface area (Å²) in [6.45, 7) is 3.34. The molecule has 1 aliphatic rings. The largest absolute Gasteiger partial charge is 0.345 e. The Morgan fingerprint density at radius 3 is 2.93 bits per heavy atom. The van der Waals surface area contributed by atoms with E-state index in [1.807, 2.05) is 0 Å². The van der Waals surface area contributed by atoms with Crippen molar-refractivity contribution in [2.75, 3.05) is 11.4 Å². The normalized spacial score (nSPS) is 15.9. The molecule has 1 aliphatic carbocycles. The van der Waals surface area contributed by atoms with Gasteiger partial charge in [0, 0.05) is 18.0 Å². The molecular formula is C10H15ClN2S. The molecule has 2 nitrogen and oxygen atoms in total. The van der Waals surface area contributed by atoms with Crippen molar-refractivity contribution in [2.45, 2.75) is 38.1 Å². The average Bonchev–Trinajstić information content (AvgIpc) is 2.92. The summed E-state index contributed by atoms with van der Waals surface area (Å²) in [5.74, 6) is 0.529. The van der Waals surface area contributed by atoms with Crippen molar-refractivity contribution in [1.82, 2.24) is 4.98 Å². The average molecular weight is 231 g/mol. The molecule has 1 heterocycles. The molecule has 0 N–H and O–H groups in total. The topological polar surface area (TPSA) is 16.1 Å². The number of aromatic nitrogens is 1. The highest BCUT2D eigenvalue weighted by atomic mass is 35.5. The van der Waals surface area contributed by atoms with Gasteiger partial charge in [-0.05, 0) is 19.3 Å². The van der Waals surface area contributed by atoms with Crippen LogP contribution >= 0.6 is 22.9 Å². The molecule has 1 fully saturated rings. The van der Waals surface area contributed by atoms with E-state index in [1.165, 1.54) is 19.3 Å². The quantitative estimate of drug-likeness (QED) is 0.722. The van der Waals surface area contributed by atoms with Gasteiger partial charge in [0.05, 0.1) is 11.6 Å². The van der Waals surface area contributed by atoms with Gasteiger partial charge in [0.1, 0.15) is 0 Å². The lowest BCUT2D eigenvalue weighted by Crippen LogP contribution is -2.26. The Bertz CT molecular complexity index is 296. The predicted octanol–water partition coefficient (Wildman–Crippen LogP) is 3.26. The number of nitrogens with zero attached hydrogens (tertiary/aromatic N) is 2. The second-order valence-electron chi connectivity index (χ2n) is 3.68. The fraction of sp³-hybridized carbons (Fsp3) is 0.700. The maximum atomic E-state index is 5.74. The van der Waals surface area contributed by atoms with Crippen LogP contribution in [0, 0.1) is 0 Å². The molecule has 0 spiro atoms. The van der Waals surface area contributed by atoms with Gasteiger partial charge in [0.15, 0.2) is 5.13 Å². The molecule has 0 aliphatic heterocycles. The Labute approximate surface area is 93.9 Å². The van der Waals surface area contributed by atoms with Crippen LogP contribution in [-0.4, -0.2) is 17.6 Å². The van der Waals surface area contributed by atoms with E-state index in [0.717, 1.165) is 23.4 Å². The molecule has 0 aromatic carbocycles.